The van der Waals surface area contributed by atoms with E-state index in [1.807, 2.05) is 0 Å². The van der Waals surface area contributed by atoms with Crippen molar-refractivity contribution in [3.8, 4) is 22.6 Å². The number of rotatable bonds is 2. The molecule has 0 radical (unpaired) electrons. The molecule has 2 nitrogen and oxygen atoms in total. The molecule has 0 aromatic heterocycles. The molecule has 0 bridgehead atoms. The van der Waals surface area contributed by atoms with Crippen LogP contribution in [-0.2, 0) is 6.42 Å². The molecule has 0 fully saturated rings. The number of hydrogen-bond donors (Lipinski definition) is 0. The van der Waals surface area contributed by atoms with E-state index in [0.717, 1.165) is 40.5 Å². The van der Waals surface area contributed by atoms with E-state index >= 15 is 0 Å². The van der Waals surface area contributed by atoms with Crippen molar-refractivity contribution in [3.63, 3.8) is 0 Å². The molecule has 6 aromatic rings. The van der Waals surface area contributed by atoms with Crippen LogP contribution in [-0.4, -0.2) is 0 Å². The van der Waals surface area contributed by atoms with Gasteiger partial charge in [0.25, 0.3) is 0 Å². The SMILES string of the molecule is C1=Cc2cccc3cc4c(c(c23)C1)Oc1cc(-c2ccccc2)ccc1N4c1cccc2ccccc12. The molecule has 0 atom stereocenters. The molecule has 0 spiro atoms. The van der Waals surface area contributed by atoms with Crippen LogP contribution in [0.15, 0.2) is 121 Å². The van der Waals surface area contributed by atoms with Gasteiger partial charge in [-0.1, -0.05) is 103 Å². The van der Waals surface area contributed by atoms with Crippen LogP contribution in [0, 0.1) is 0 Å². The lowest BCUT2D eigenvalue weighted by Crippen LogP contribution is -2.17. The summed E-state index contributed by atoms with van der Waals surface area (Å²) in [7, 11) is 0. The minimum atomic E-state index is 0.855. The second kappa shape index (κ2) is 7.84. The van der Waals surface area contributed by atoms with Crippen LogP contribution in [0.3, 0.4) is 0 Å². The number of nitrogens with zero attached hydrogens (tertiary/aromatic N) is 1. The summed E-state index contributed by atoms with van der Waals surface area (Å²) in [6.45, 7) is 0. The van der Waals surface area contributed by atoms with Crippen LogP contribution in [0.1, 0.15) is 11.1 Å². The zero-order valence-electron chi connectivity index (χ0n) is 20.2. The van der Waals surface area contributed by atoms with Crippen LogP contribution in [0.25, 0.3) is 38.7 Å². The van der Waals surface area contributed by atoms with Crippen molar-refractivity contribution in [2.45, 2.75) is 6.42 Å². The third kappa shape index (κ3) is 3.06. The van der Waals surface area contributed by atoms with E-state index in [4.69, 9.17) is 4.74 Å². The molecule has 0 N–H and O–H groups in total. The Hall–Kier alpha value is -4.82. The number of anilines is 3. The summed E-state index contributed by atoms with van der Waals surface area (Å²) in [5.74, 6) is 1.83. The highest BCUT2D eigenvalue weighted by Crippen LogP contribution is 2.55. The van der Waals surface area contributed by atoms with E-state index < -0.39 is 0 Å². The maximum atomic E-state index is 6.85. The minimum Gasteiger partial charge on any atom is -0.453 e. The molecule has 2 heteroatoms. The monoisotopic (exact) mass is 473 g/mol. The van der Waals surface area contributed by atoms with Gasteiger partial charge in [0.05, 0.1) is 17.1 Å². The Bertz CT molecular complexity index is 1880. The van der Waals surface area contributed by atoms with Gasteiger partial charge >= 0.3 is 0 Å². The summed E-state index contributed by atoms with van der Waals surface area (Å²) < 4.78 is 6.85. The van der Waals surface area contributed by atoms with Crippen LogP contribution in [0.5, 0.6) is 11.5 Å². The molecule has 174 valence electrons. The van der Waals surface area contributed by atoms with Gasteiger partial charge in [-0.3, -0.25) is 0 Å². The van der Waals surface area contributed by atoms with E-state index in [9.17, 15) is 0 Å². The molecule has 0 amide bonds. The van der Waals surface area contributed by atoms with E-state index in [1.165, 1.54) is 38.2 Å². The first-order valence-corrected chi connectivity index (χ1v) is 12.8. The fourth-order valence-corrected chi connectivity index (χ4v) is 5.95. The van der Waals surface area contributed by atoms with Crippen LogP contribution in [0.4, 0.5) is 17.1 Å². The maximum Gasteiger partial charge on any atom is 0.155 e. The maximum absolute atomic E-state index is 6.85. The molecule has 0 unspecified atom stereocenters. The third-order valence-corrected chi connectivity index (χ3v) is 7.62. The van der Waals surface area contributed by atoms with Crippen LogP contribution in [0.2, 0.25) is 0 Å². The van der Waals surface area contributed by atoms with Crippen LogP contribution < -0.4 is 9.64 Å². The molecule has 37 heavy (non-hydrogen) atoms. The Morgan fingerprint density at radius 2 is 1.41 bits per heavy atom. The quantitative estimate of drug-likeness (QED) is 0.248. The Labute approximate surface area is 215 Å². The van der Waals surface area contributed by atoms with Crippen molar-refractivity contribution in [1.82, 2.24) is 0 Å². The van der Waals surface area contributed by atoms with Crippen molar-refractivity contribution < 1.29 is 4.74 Å². The van der Waals surface area contributed by atoms with E-state index in [0.29, 0.717) is 0 Å². The highest BCUT2D eigenvalue weighted by Gasteiger charge is 2.31. The Balaban J connectivity index is 1.44. The zero-order valence-corrected chi connectivity index (χ0v) is 20.2. The first-order chi connectivity index (χ1) is 18.3. The van der Waals surface area contributed by atoms with Gasteiger partial charge in [-0.05, 0) is 63.5 Å². The molecule has 0 saturated carbocycles. The van der Waals surface area contributed by atoms with Gasteiger partial charge in [0.1, 0.15) is 0 Å². The summed E-state index contributed by atoms with van der Waals surface area (Å²) in [6.07, 6.45) is 5.33. The average molecular weight is 474 g/mol. The molecule has 1 aliphatic carbocycles. The topological polar surface area (TPSA) is 12.5 Å². The van der Waals surface area contributed by atoms with E-state index in [-0.39, 0.29) is 0 Å². The van der Waals surface area contributed by atoms with Gasteiger partial charge in [0.2, 0.25) is 0 Å². The minimum absolute atomic E-state index is 0.855. The number of hydrogen-bond acceptors (Lipinski definition) is 2. The standard InChI is InChI=1S/C35H23NO/c1-2-9-23(10-3-1)26-19-20-31-33(22-26)37-35-29-17-7-14-25-13-6-15-27(34(25)29)21-32(35)36(31)30-18-8-12-24-11-4-5-16-28(24)30/h1-16,18-22H,17H2. The zero-order chi connectivity index (χ0) is 24.3. The number of benzene rings is 6. The summed E-state index contributed by atoms with van der Waals surface area (Å²) in [5, 5.41) is 4.99. The summed E-state index contributed by atoms with van der Waals surface area (Å²) >= 11 is 0. The van der Waals surface area contributed by atoms with Gasteiger partial charge < -0.3 is 9.64 Å². The third-order valence-electron chi connectivity index (χ3n) is 7.62. The Morgan fingerprint density at radius 3 is 2.35 bits per heavy atom. The summed E-state index contributed by atoms with van der Waals surface area (Å²) in [6, 6.07) is 41.1. The van der Waals surface area contributed by atoms with Gasteiger partial charge in [-0.15, -0.1) is 0 Å². The van der Waals surface area contributed by atoms with Crippen molar-refractivity contribution in [2.24, 2.45) is 0 Å². The highest BCUT2D eigenvalue weighted by molar-refractivity contribution is 6.06. The fourth-order valence-electron chi connectivity index (χ4n) is 5.95. The molecule has 2 aliphatic rings. The molecular formula is C35H23NO. The van der Waals surface area contributed by atoms with Crippen molar-refractivity contribution in [1.29, 1.82) is 0 Å². The first-order valence-electron chi connectivity index (χ1n) is 12.8. The second-order valence-corrected chi connectivity index (χ2v) is 9.74. The molecular weight excluding hydrogens is 450 g/mol. The molecule has 0 saturated heterocycles. The molecule has 1 aliphatic heterocycles. The predicted octanol–water partition coefficient (Wildman–Crippen LogP) is 9.80. The first kappa shape index (κ1) is 20.4. The normalized spacial score (nSPS) is 13.4. The Morgan fingerprint density at radius 1 is 0.595 bits per heavy atom. The van der Waals surface area contributed by atoms with Crippen molar-refractivity contribution in [2.75, 3.05) is 4.90 Å². The van der Waals surface area contributed by atoms with Crippen LogP contribution >= 0.6 is 0 Å². The van der Waals surface area contributed by atoms with Gasteiger partial charge in [0, 0.05) is 10.9 Å². The lowest BCUT2D eigenvalue weighted by molar-refractivity contribution is 0.473. The van der Waals surface area contributed by atoms with E-state index in [1.54, 1.807) is 0 Å². The number of fused-ring (bicyclic) bond motifs is 4. The van der Waals surface area contributed by atoms with Crippen molar-refractivity contribution >= 4 is 44.7 Å². The highest BCUT2D eigenvalue weighted by atomic mass is 16.5. The van der Waals surface area contributed by atoms with Gasteiger partial charge in [-0.2, -0.15) is 0 Å². The molecule has 8 rings (SSSR count). The number of ether oxygens (including phenoxy) is 1. The van der Waals surface area contributed by atoms with Gasteiger partial charge in [0.15, 0.2) is 11.5 Å². The smallest absolute Gasteiger partial charge is 0.155 e. The molecule has 6 aromatic carbocycles. The lowest BCUT2D eigenvalue weighted by atomic mass is 9.90. The lowest BCUT2D eigenvalue weighted by Gasteiger charge is -2.36. The molecule has 1 heterocycles. The van der Waals surface area contributed by atoms with Crippen molar-refractivity contribution in [3.05, 3.63) is 132 Å². The second-order valence-electron chi connectivity index (χ2n) is 9.74. The predicted molar refractivity (Wildman–Crippen MR) is 154 cm³/mol. The summed E-state index contributed by atoms with van der Waals surface area (Å²) in [5.41, 5.74) is 8.14. The summed E-state index contributed by atoms with van der Waals surface area (Å²) in [4.78, 5) is 2.40. The fraction of sp³-hybridized carbons (Fsp3) is 0.0286. The number of allylic oxidation sites excluding steroid dienone is 1. The van der Waals surface area contributed by atoms with Gasteiger partial charge in [-0.25, -0.2) is 0 Å². The Kier molecular flexibility index (Phi) is 4.32. The average Bonchev–Trinajstić information content (AvgIpc) is 2.96. The largest absolute Gasteiger partial charge is 0.453 e. The van der Waals surface area contributed by atoms with E-state index in [2.05, 4.69) is 132 Å².